The third kappa shape index (κ3) is 2.97. The minimum Gasteiger partial charge on any atom is -0.304 e. The van der Waals surface area contributed by atoms with Gasteiger partial charge in [0.2, 0.25) is 0 Å². The van der Waals surface area contributed by atoms with Gasteiger partial charge < -0.3 is 5.41 Å². The summed E-state index contributed by atoms with van der Waals surface area (Å²) in [6.07, 6.45) is 10.9. The molecule has 0 aliphatic heterocycles. The normalized spacial score (nSPS) is 21.3. The number of nitrogens with one attached hydrogen (secondary N) is 1. The van der Waals surface area contributed by atoms with E-state index < -0.39 is 0 Å². The zero-order valence-corrected chi connectivity index (χ0v) is 15.3. The molecule has 1 saturated carbocycles. The Kier molecular flexibility index (Phi) is 4.33. The smallest absolute Gasteiger partial charge is 0.0426 e. The van der Waals surface area contributed by atoms with Crippen molar-refractivity contribution in [3.8, 4) is 0 Å². The lowest BCUT2D eigenvalue weighted by Gasteiger charge is -2.26. The van der Waals surface area contributed by atoms with Gasteiger partial charge in [-0.1, -0.05) is 79.0 Å². The van der Waals surface area contributed by atoms with Gasteiger partial charge >= 0.3 is 0 Å². The molecule has 0 radical (unpaired) electrons. The molecule has 1 heteroatoms. The molecule has 0 bridgehead atoms. The molecule has 0 heterocycles. The Morgan fingerprint density at radius 1 is 0.960 bits per heavy atom. The first-order valence-electron chi connectivity index (χ1n) is 9.62. The summed E-state index contributed by atoms with van der Waals surface area (Å²) in [7, 11) is 0. The van der Waals surface area contributed by atoms with Gasteiger partial charge in [-0.15, -0.1) is 0 Å². The van der Waals surface area contributed by atoms with Gasteiger partial charge in [-0.3, -0.25) is 0 Å². The second-order valence-electron chi connectivity index (χ2n) is 7.78. The van der Waals surface area contributed by atoms with Crippen LogP contribution in [0.25, 0.3) is 10.8 Å². The first kappa shape index (κ1) is 16.3. The van der Waals surface area contributed by atoms with Crippen LogP contribution in [0.5, 0.6) is 0 Å². The molecule has 2 aromatic carbocycles. The maximum absolute atomic E-state index is 9.09. The van der Waals surface area contributed by atoms with Crippen LogP contribution in [-0.2, 0) is 0 Å². The molecule has 2 aliphatic rings. The highest BCUT2D eigenvalue weighted by atomic mass is 14.5. The number of hydrogen-bond donors (Lipinski definition) is 1. The summed E-state index contributed by atoms with van der Waals surface area (Å²) in [5.41, 5.74) is 6.13. The molecule has 1 N–H and O–H groups in total. The van der Waals surface area contributed by atoms with E-state index in [-0.39, 0.29) is 0 Å². The summed E-state index contributed by atoms with van der Waals surface area (Å²) in [6, 6.07) is 13.1. The third-order valence-electron chi connectivity index (χ3n) is 5.95. The molecule has 1 unspecified atom stereocenters. The van der Waals surface area contributed by atoms with Crippen LogP contribution in [0.15, 0.2) is 59.7 Å². The molecule has 4 rings (SSSR count). The van der Waals surface area contributed by atoms with Crippen LogP contribution >= 0.6 is 0 Å². The third-order valence-corrected chi connectivity index (χ3v) is 5.95. The Morgan fingerprint density at radius 2 is 1.72 bits per heavy atom. The molecule has 2 aliphatic carbocycles. The number of hydrogen-bond acceptors (Lipinski definition) is 1. The monoisotopic (exact) mass is 329 g/mol. The van der Waals surface area contributed by atoms with Crippen LogP contribution < -0.4 is 0 Å². The second-order valence-corrected chi connectivity index (χ2v) is 7.78. The molecule has 0 saturated heterocycles. The minimum absolute atomic E-state index is 0.323. The Bertz CT molecular complexity index is 878. The van der Waals surface area contributed by atoms with Gasteiger partial charge in [-0.25, -0.2) is 0 Å². The molecule has 128 valence electrons. The lowest BCUT2D eigenvalue weighted by Crippen LogP contribution is -2.20. The number of rotatable bonds is 3. The number of benzene rings is 2. The largest absolute Gasteiger partial charge is 0.304 e. The Labute approximate surface area is 151 Å². The van der Waals surface area contributed by atoms with Gasteiger partial charge in [0.05, 0.1) is 0 Å². The molecule has 0 amide bonds. The molecule has 0 spiro atoms. The second kappa shape index (κ2) is 6.63. The van der Waals surface area contributed by atoms with Crippen molar-refractivity contribution >= 4 is 16.5 Å². The van der Waals surface area contributed by atoms with E-state index in [4.69, 9.17) is 5.41 Å². The average molecular weight is 329 g/mol. The fraction of sp³-hybridized carbons (Fsp3) is 0.375. The van der Waals surface area contributed by atoms with Crippen LogP contribution in [0, 0.1) is 11.3 Å². The average Bonchev–Trinajstić information content (AvgIpc) is 2.99. The van der Waals surface area contributed by atoms with Gasteiger partial charge in [0.25, 0.3) is 0 Å². The van der Waals surface area contributed by atoms with Crippen molar-refractivity contribution < 1.29 is 0 Å². The van der Waals surface area contributed by atoms with E-state index in [2.05, 4.69) is 62.4 Å². The quantitative estimate of drug-likeness (QED) is 0.600. The van der Waals surface area contributed by atoms with Gasteiger partial charge in [0.1, 0.15) is 0 Å². The minimum atomic E-state index is 0.323. The van der Waals surface area contributed by atoms with Gasteiger partial charge in [-0.05, 0) is 43.0 Å². The van der Waals surface area contributed by atoms with Crippen LogP contribution in [0.1, 0.15) is 63.0 Å². The Hall–Kier alpha value is -2.15. The first-order valence-corrected chi connectivity index (χ1v) is 9.62. The van der Waals surface area contributed by atoms with Crippen LogP contribution in [-0.4, -0.2) is 5.71 Å². The van der Waals surface area contributed by atoms with Crippen LogP contribution in [0.2, 0.25) is 0 Å². The van der Waals surface area contributed by atoms with Crippen LogP contribution in [0.4, 0.5) is 0 Å². The topological polar surface area (TPSA) is 23.9 Å². The first-order chi connectivity index (χ1) is 12.1. The van der Waals surface area contributed by atoms with E-state index in [0.717, 1.165) is 5.71 Å². The van der Waals surface area contributed by atoms with Crippen molar-refractivity contribution in [3.05, 3.63) is 70.8 Å². The molecular weight excluding hydrogens is 302 g/mol. The van der Waals surface area contributed by atoms with Gasteiger partial charge in [0.15, 0.2) is 0 Å². The molecule has 25 heavy (non-hydrogen) atoms. The van der Waals surface area contributed by atoms with E-state index in [9.17, 15) is 0 Å². The van der Waals surface area contributed by atoms with Gasteiger partial charge in [0, 0.05) is 23.1 Å². The van der Waals surface area contributed by atoms with E-state index in [1.165, 1.54) is 65.1 Å². The molecule has 2 aromatic rings. The highest BCUT2D eigenvalue weighted by molar-refractivity contribution is 6.12. The summed E-state index contributed by atoms with van der Waals surface area (Å²) in [6.45, 7) is 4.40. The summed E-state index contributed by atoms with van der Waals surface area (Å²) < 4.78 is 0. The molecule has 1 nitrogen and oxygen atoms in total. The van der Waals surface area contributed by atoms with Crippen molar-refractivity contribution in [3.63, 3.8) is 0 Å². The van der Waals surface area contributed by atoms with Crippen molar-refractivity contribution in [2.75, 3.05) is 0 Å². The molecular formula is C24H27N. The molecule has 1 atom stereocenters. The zero-order chi connectivity index (χ0) is 17.4. The molecule has 1 fully saturated rings. The van der Waals surface area contributed by atoms with Crippen molar-refractivity contribution in [1.29, 1.82) is 5.41 Å². The maximum Gasteiger partial charge on any atom is 0.0426 e. The van der Waals surface area contributed by atoms with E-state index >= 15 is 0 Å². The summed E-state index contributed by atoms with van der Waals surface area (Å²) >= 11 is 0. The predicted molar refractivity (Wildman–Crippen MR) is 108 cm³/mol. The lowest BCUT2D eigenvalue weighted by molar-refractivity contribution is 0.438. The standard InChI is InChI=1S/C24H27N/c1-16-14-17(2)22(15-16)21-13-12-18-8-6-7-11-20(18)23(21)24(25)19-9-4-3-5-10-19/h6-8,11-15,19,22,25H,3-5,9-10H2,1-2H3. The lowest BCUT2D eigenvalue weighted by atomic mass is 9.78. The SMILES string of the molecule is CC1=CC(c2ccc3ccccc3c2C(=N)C2CCCCC2)C(C)=C1. The number of fused-ring (bicyclic) bond motifs is 1. The summed E-state index contributed by atoms with van der Waals surface area (Å²) in [5.74, 6) is 0.748. The van der Waals surface area contributed by atoms with E-state index in [1.54, 1.807) is 0 Å². The van der Waals surface area contributed by atoms with Crippen molar-refractivity contribution in [2.24, 2.45) is 5.92 Å². The zero-order valence-electron chi connectivity index (χ0n) is 15.3. The highest BCUT2D eigenvalue weighted by Gasteiger charge is 2.26. The predicted octanol–water partition coefficient (Wildman–Crippen LogP) is 6.78. The van der Waals surface area contributed by atoms with E-state index in [1.807, 2.05) is 0 Å². The van der Waals surface area contributed by atoms with Crippen molar-refractivity contribution in [2.45, 2.75) is 51.9 Å². The number of allylic oxidation sites excluding steroid dienone is 4. The fourth-order valence-electron chi connectivity index (χ4n) is 4.67. The Balaban J connectivity index is 1.88. The van der Waals surface area contributed by atoms with Crippen molar-refractivity contribution in [1.82, 2.24) is 0 Å². The molecule has 0 aromatic heterocycles. The van der Waals surface area contributed by atoms with Gasteiger partial charge in [-0.2, -0.15) is 0 Å². The highest BCUT2D eigenvalue weighted by Crippen LogP contribution is 2.39. The summed E-state index contributed by atoms with van der Waals surface area (Å²) in [4.78, 5) is 0. The maximum atomic E-state index is 9.09. The Morgan fingerprint density at radius 3 is 2.44 bits per heavy atom. The van der Waals surface area contributed by atoms with E-state index in [0.29, 0.717) is 11.8 Å². The van der Waals surface area contributed by atoms with Crippen LogP contribution in [0.3, 0.4) is 0 Å². The summed E-state index contributed by atoms with van der Waals surface area (Å²) in [5, 5.41) is 11.6. The fourth-order valence-corrected chi connectivity index (χ4v) is 4.67.